The molecule has 0 bridgehead atoms. The molecular weight excluding hydrogens is 280 g/mol. The van der Waals surface area contributed by atoms with Crippen molar-refractivity contribution in [2.24, 2.45) is 0 Å². The predicted octanol–water partition coefficient (Wildman–Crippen LogP) is -0.410. The molecule has 7 heteroatoms. The number of ether oxygens (including phenoxy) is 2. The average molecular weight is 308 g/mol. The summed E-state index contributed by atoms with van der Waals surface area (Å²) in [6.07, 6.45) is -2.21. The molecule has 0 saturated carbocycles. The molecule has 21 heavy (non-hydrogen) atoms. The van der Waals surface area contributed by atoms with E-state index in [9.17, 15) is 15.0 Å². The first kappa shape index (κ1) is 20.4. The smallest absolute Gasteiger partial charge is 0.186 e. The highest BCUT2D eigenvalue weighted by molar-refractivity contribution is 5.83. The number of rotatable bonds is 13. The van der Waals surface area contributed by atoms with E-state index in [1.807, 2.05) is 0 Å². The van der Waals surface area contributed by atoms with Gasteiger partial charge in [-0.15, -0.1) is 0 Å². The van der Waals surface area contributed by atoms with E-state index in [-0.39, 0.29) is 32.7 Å². The van der Waals surface area contributed by atoms with E-state index in [0.717, 1.165) is 0 Å². The molecule has 0 radical (unpaired) electrons. The summed E-state index contributed by atoms with van der Waals surface area (Å²) >= 11 is 0. The normalized spacial score (nSPS) is 17.2. The summed E-state index contributed by atoms with van der Waals surface area (Å²) in [5.74, 6) is -0.461. The van der Waals surface area contributed by atoms with Crippen LogP contribution in [0.3, 0.4) is 0 Å². The van der Waals surface area contributed by atoms with Crippen LogP contribution in [0.15, 0.2) is 0 Å². The van der Waals surface area contributed by atoms with Crippen molar-refractivity contribution in [1.29, 1.82) is 0 Å². The van der Waals surface area contributed by atoms with Gasteiger partial charge >= 0.3 is 0 Å². The second-order valence-electron chi connectivity index (χ2n) is 5.21. The third kappa shape index (κ3) is 12.9. The van der Waals surface area contributed by atoms with Gasteiger partial charge < -0.3 is 29.9 Å². The Morgan fingerprint density at radius 1 is 0.905 bits per heavy atom. The number of aliphatic hydroxyl groups excluding tert-OH is 4. The number of carbonyl (C=O) groups excluding carboxylic acids is 1. The van der Waals surface area contributed by atoms with Crippen LogP contribution in [-0.2, 0) is 14.3 Å². The van der Waals surface area contributed by atoms with E-state index in [4.69, 9.17) is 19.7 Å². The van der Waals surface area contributed by atoms with Crippen molar-refractivity contribution in [3.05, 3.63) is 0 Å². The van der Waals surface area contributed by atoms with Gasteiger partial charge in [-0.1, -0.05) is 0 Å². The third-order valence-corrected chi connectivity index (χ3v) is 2.83. The zero-order valence-electron chi connectivity index (χ0n) is 12.8. The van der Waals surface area contributed by atoms with Crippen LogP contribution < -0.4 is 0 Å². The van der Waals surface area contributed by atoms with Gasteiger partial charge in [-0.05, 0) is 33.1 Å². The molecule has 0 spiro atoms. The minimum atomic E-state index is -1.20. The maximum Gasteiger partial charge on any atom is 0.186 e. The lowest BCUT2D eigenvalue weighted by atomic mass is 10.1. The van der Waals surface area contributed by atoms with Crippen LogP contribution in [0.2, 0.25) is 0 Å². The lowest BCUT2D eigenvalue weighted by molar-refractivity contribution is -0.135. The van der Waals surface area contributed by atoms with Crippen LogP contribution >= 0.6 is 0 Å². The summed E-state index contributed by atoms with van der Waals surface area (Å²) in [6.45, 7) is 3.49. The summed E-state index contributed by atoms with van der Waals surface area (Å²) < 4.78 is 10.1. The Labute approximate surface area is 125 Å². The molecule has 4 atom stereocenters. The van der Waals surface area contributed by atoms with Gasteiger partial charge in [0.25, 0.3) is 0 Å². The Morgan fingerprint density at radius 2 is 1.48 bits per heavy atom. The molecule has 0 aliphatic heterocycles. The lowest BCUT2D eigenvalue weighted by Gasteiger charge is -2.15. The molecular formula is C14H28O7. The minimum Gasteiger partial charge on any atom is -0.393 e. The molecule has 0 saturated heterocycles. The van der Waals surface area contributed by atoms with E-state index in [1.165, 1.54) is 0 Å². The maximum absolute atomic E-state index is 11.5. The lowest BCUT2D eigenvalue weighted by Crippen LogP contribution is -2.27. The fraction of sp³-hybridized carbons (Fsp3) is 0.929. The summed E-state index contributed by atoms with van der Waals surface area (Å²) in [5.41, 5.74) is 0. The highest BCUT2D eigenvalue weighted by Crippen LogP contribution is 2.06. The Kier molecular flexibility index (Phi) is 11.7. The Hall–Kier alpha value is -0.570. The van der Waals surface area contributed by atoms with Crippen LogP contribution in [0, 0.1) is 0 Å². The SMILES string of the molecule is CC(O)CCOCC(=O)C(O)CCC(O)OCCC(C)O. The van der Waals surface area contributed by atoms with Crippen LogP contribution in [0.5, 0.6) is 0 Å². The van der Waals surface area contributed by atoms with Gasteiger partial charge in [-0.3, -0.25) is 4.79 Å². The van der Waals surface area contributed by atoms with Gasteiger partial charge in [0.05, 0.1) is 18.8 Å². The van der Waals surface area contributed by atoms with Crippen LogP contribution in [-0.4, -0.2) is 70.6 Å². The molecule has 0 aromatic rings. The van der Waals surface area contributed by atoms with E-state index in [1.54, 1.807) is 13.8 Å². The number of hydrogen-bond acceptors (Lipinski definition) is 7. The summed E-state index contributed by atoms with van der Waals surface area (Å²) in [7, 11) is 0. The fourth-order valence-electron chi connectivity index (χ4n) is 1.44. The molecule has 4 N–H and O–H groups in total. The number of ketones is 1. The molecule has 0 aliphatic carbocycles. The summed E-state index contributed by atoms with van der Waals surface area (Å²) in [6, 6.07) is 0. The number of Topliss-reactive ketones (excluding diaryl/α,β-unsaturated/α-hetero) is 1. The standard InChI is InChI=1S/C14H28O7/c1-10(15)5-7-20-9-13(18)12(17)3-4-14(19)21-8-6-11(2)16/h10-12,14-17,19H,3-9H2,1-2H3. The van der Waals surface area contributed by atoms with Crippen molar-refractivity contribution < 1.29 is 34.7 Å². The second-order valence-corrected chi connectivity index (χ2v) is 5.21. The van der Waals surface area contributed by atoms with Crippen LogP contribution in [0.1, 0.15) is 39.5 Å². The highest BCUT2D eigenvalue weighted by Gasteiger charge is 2.17. The monoisotopic (exact) mass is 308 g/mol. The molecule has 7 nitrogen and oxygen atoms in total. The zero-order valence-corrected chi connectivity index (χ0v) is 12.8. The molecule has 0 rings (SSSR count). The molecule has 126 valence electrons. The van der Waals surface area contributed by atoms with Gasteiger partial charge in [0.2, 0.25) is 0 Å². The first-order valence-corrected chi connectivity index (χ1v) is 7.27. The third-order valence-electron chi connectivity index (χ3n) is 2.83. The molecule has 4 unspecified atom stereocenters. The molecule has 0 heterocycles. The van der Waals surface area contributed by atoms with Crippen molar-refractivity contribution in [1.82, 2.24) is 0 Å². The van der Waals surface area contributed by atoms with Crippen molar-refractivity contribution >= 4 is 5.78 Å². The van der Waals surface area contributed by atoms with Gasteiger partial charge in [0, 0.05) is 13.0 Å². The van der Waals surface area contributed by atoms with Crippen LogP contribution in [0.25, 0.3) is 0 Å². The number of hydrogen-bond donors (Lipinski definition) is 4. The van der Waals surface area contributed by atoms with Crippen molar-refractivity contribution in [2.75, 3.05) is 19.8 Å². The van der Waals surface area contributed by atoms with Gasteiger partial charge in [-0.25, -0.2) is 0 Å². The molecule has 0 aromatic carbocycles. The Morgan fingerprint density at radius 3 is 2.05 bits per heavy atom. The zero-order chi connectivity index (χ0) is 16.3. The maximum atomic E-state index is 11.5. The first-order valence-electron chi connectivity index (χ1n) is 7.27. The largest absolute Gasteiger partial charge is 0.393 e. The summed E-state index contributed by atoms with van der Waals surface area (Å²) in [5, 5.41) is 37.1. The molecule has 0 fully saturated rings. The van der Waals surface area contributed by atoms with Crippen molar-refractivity contribution in [3.8, 4) is 0 Å². The molecule has 0 aliphatic rings. The van der Waals surface area contributed by atoms with E-state index < -0.39 is 30.4 Å². The van der Waals surface area contributed by atoms with Crippen LogP contribution in [0.4, 0.5) is 0 Å². The Bertz CT molecular complexity index is 268. The second kappa shape index (κ2) is 12.0. The number of aliphatic hydroxyl groups is 4. The van der Waals surface area contributed by atoms with E-state index in [0.29, 0.717) is 12.8 Å². The van der Waals surface area contributed by atoms with Gasteiger partial charge in [0.1, 0.15) is 12.7 Å². The quantitative estimate of drug-likeness (QED) is 0.270. The highest BCUT2D eigenvalue weighted by atomic mass is 16.6. The predicted molar refractivity (Wildman–Crippen MR) is 75.6 cm³/mol. The van der Waals surface area contributed by atoms with E-state index >= 15 is 0 Å². The molecule has 0 amide bonds. The van der Waals surface area contributed by atoms with Crippen molar-refractivity contribution in [2.45, 2.75) is 64.1 Å². The average Bonchev–Trinajstić information content (AvgIpc) is 2.40. The fourth-order valence-corrected chi connectivity index (χ4v) is 1.44. The van der Waals surface area contributed by atoms with E-state index in [2.05, 4.69) is 0 Å². The number of carbonyl (C=O) groups is 1. The topological polar surface area (TPSA) is 116 Å². The first-order chi connectivity index (χ1) is 9.82. The Balaban J connectivity index is 3.66. The van der Waals surface area contributed by atoms with Crippen molar-refractivity contribution in [3.63, 3.8) is 0 Å². The molecule has 0 aromatic heterocycles. The van der Waals surface area contributed by atoms with Gasteiger partial charge in [-0.2, -0.15) is 0 Å². The van der Waals surface area contributed by atoms with Gasteiger partial charge in [0.15, 0.2) is 12.1 Å². The summed E-state index contributed by atoms with van der Waals surface area (Å²) in [4.78, 5) is 11.5. The minimum absolute atomic E-state index is 0.0778.